The molecule has 148 valence electrons. The molecule has 0 unspecified atom stereocenters. The monoisotopic (exact) mass is 393 g/mol. The quantitative estimate of drug-likeness (QED) is 0.627. The number of carbonyl (C=O) groups is 2. The minimum absolute atomic E-state index is 0.256. The Bertz CT molecular complexity index is 899. The number of methoxy groups -OCH3 is 1. The zero-order valence-corrected chi connectivity index (χ0v) is 15.0. The van der Waals surface area contributed by atoms with E-state index in [1.165, 1.54) is 7.11 Å². The number of nitrogens with zero attached hydrogens (tertiary/aromatic N) is 2. The molecule has 1 N–H and O–H groups in total. The van der Waals surface area contributed by atoms with Crippen molar-refractivity contribution < 1.29 is 27.5 Å². The normalized spacial score (nSPS) is 14.0. The van der Waals surface area contributed by atoms with Gasteiger partial charge >= 0.3 is 0 Å². The molecular formula is C19H18F3N3O3. The maximum absolute atomic E-state index is 13.9. The highest BCUT2D eigenvalue weighted by molar-refractivity contribution is 6.05. The molecule has 28 heavy (non-hydrogen) atoms. The van der Waals surface area contributed by atoms with E-state index < -0.39 is 28.9 Å². The fourth-order valence-corrected chi connectivity index (χ4v) is 2.97. The van der Waals surface area contributed by atoms with E-state index in [1.807, 2.05) is 4.90 Å². The number of hydrogen-bond acceptors (Lipinski definition) is 4. The number of carbonyl (C=O) groups excluding carboxylic acids is 2. The van der Waals surface area contributed by atoms with Gasteiger partial charge in [-0.2, -0.15) is 0 Å². The molecule has 1 aliphatic heterocycles. The van der Waals surface area contributed by atoms with Gasteiger partial charge in [0, 0.05) is 31.9 Å². The maximum atomic E-state index is 13.9. The number of nitrogens with one attached hydrogen (secondary N) is 1. The van der Waals surface area contributed by atoms with Crippen molar-refractivity contribution in [3.63, 3.8) is 0 Å². The van der Waals surface area contributed by atoms with E-state index in [0.717, 1.165) is 18.2 Å². The highest BCUT2D eigenvalue weighted by Gasteiger charge is 2.21. The third-order valence-corrected chi connectivity index (χ3v) is 4.54. The van der Waals surface area contributed by atoms with E-state index in [4.69, 9.17) is 4.74 Å². The van der Waals surface area contributed by atoms with Crippen molar-refractivity contribution in [3.8, 4) is 5.75 Å². The fraction of sp³-hybridized carbons (Fsp3) is 0.263. The largest absolute Gasteiger partial charge is 0.495 e. The third kappa shape index (κ3) is 3.88. The Morgan fingerprint density at radius 2 is 1.79 bits per heavy atom. The first-order valence-corrected chi connectivity index (χ1v) is 8.51. The summed E-state index contributed by atoms with van der Waals surface area (Å²) in [5.41, 5.74) is 0.408. The van der Waals surface area contributed by atoms with Crippen molar-refractivity contribution >= 4 is 23.7 Å². The molecule has 2 aromatic carbocycles. The smallest absolute Gasteiger partial charge is 0.258 e. The molecule has 0 aromatic heterocycles. The van der Waals surface area contributed by atoms with Crippen LogP contribution in [0.1, 0.15) is 10.4 Å². The van der Waals surface area contributed by atoms with Gasteiger partial charge in [0.25, 0.3) is 5.91 Å². The molecule has 0 bridgehead atoms. The van der Waals surface area contributed by atoms with Gasteiger partial charge in [-0.05, 0) is 30.3 Å². The van der Waals surface area contributed by atoms with Crippen LogP contribution in [0.2, 0.25) is 0 Å². The number of rotatable bonds is 5. The summed E-state index contributed by atoms with van der Waals surface area (Å²) in [6.07, 6.45) is 0.799. The van der Waals surface area contributed by atoms with Gasteiger partial charge in [-0.1, -0.05) is 0 Å². The minimum atomic E-state index is -1.71. The third-order valence-electron chi connectivity index (χ3n) is 4.54. The Balaban J connectivity index is 1.84. The summed E-state index contributed by atoms with van der Waals surface area (Å²) in [4.78, 5) is 26.9. The minimum Gasteiger partial charge on any atom is -0.495 e. The van der Waals surface area contributed by atoms with Gasteiger partial charge in [0.2, 0.25) is 6.41 Å². The number of ether oxygens (including phenoxy) is 1. The van der Waals surface area contributed by atoms with Gasteiger partial charge in [-0.3, -0.25) is 9.59 Å². The van der Waals surface area contributed by atoms with Crippen molar-refractivity contribution in [2.45, 2.75) is 0 Å². The lowest BCUT2D eigenvalue weighted by molar-refractivity contribution is -0.118. The molecule has 2 aromatic rings. The topological polar surface area (TPSA) is 61.9 Å². The van der Waals surface area contributed by atoms with Crippen LogP contribution in [0.5, 0.6) is 5.75 Å². The summed E-state index contributed by atoms with van der Waals surface area (Å²) in [6, 6.07) is 6.64. The zero-order valence-electron chi connectivity index (χ0n) is 15.0. The molecule has 0 atom stereocenters. The highest BCUT2D eigenvalue weighted by Crippen LogP contribution is 2.31. The first-order chi connectivity index (χ1) is 13.4. The van der Waals surface area contributed by atoms with Crippen LogP contribution in [0, 0.1) is 17.5 Å². The van der Waals surface area contributed by atoms with Crippen LogP contribution >= 0.6 is 0 Å². The summed E-state index contributed by atoms with van der Waals surface area (Å²) >= 11 is 0. The van der Waals surface area contributed by atoms with Gasteiger partial charge in [-0.15, -0.1) is 0 Å². The summed E-state index contributed by atoms with van der Waals surface area (Å²) in [6.45, 7) is 2.35. The Labute approximate surface area is 159 Å². The Kier molecular flexibility index (Phi) is 5.72. The molecule has 2 amide bonds. The van der Waals surface area contributed by atoms with Crippen molar-refractivity contribution in [1.82, 2.24) is 4.90 Å². The predicted molar refractivity (Wildman–Crippen MR) is 97.1 cm³/mol. The van der Waals surface area contributed by atoms with Crippen LogP contribution in [0.15, 0.2) is 30.3 Å². The Hall–Kier alpha value is -3.23. The first-order valence-electron chi connectivity index (χ1n) is 8.51. The first kappa shape index (κ1) is 19.5. The molecule has 9 heteroatoms. The Morgan fingerprint density at radius 3 is 2.43 bits per heavy atom. The van der Waals surface area contributed by atoms with Gasteiger partial charge in [0.05, 0.1) is 18.4 Å². The molecule has 3 rings (SSSR count). The molecule has 0 aliphatic carbocycles. The lowest BCUT2D eigenvalue weighted by atomic mass is 10.1. The summed E-state index contributed by atoms with van der Waals surface area (Å²) in [7, 11) is 1.41. The Morgan fingerprint density at radius 1 is 1.07 bits per heavy atom. The highest BCUT2D eigenvalue weighted by atomic mass is 19.2. The molecule has 0 radical (unpaired) electrons. The van der Waals surface area contributed by atoms with Crippen LogP contribution in [0.3, 0.4) is 0 Å². The molecule has 0 saturated carbocycles. The van der Waals surface area contributed by atoms with E-state index >= 15 is 0 Å². The second kappa shape index (κ2) is 8.20. The second-order valence-electron chi connectivity index (χ2n) is 6.19. The number of anilines is 2. The molecule has 0 spiro atoms. The van der Waals surface area contributed by atoms with Gasteiger partial charge in [0.15, 0.2) is 17.5 Å². The van der Waals surface area contributed by atoms with E-state index in [1.54, 1.807) is 23.1 Å². The van der Waals surface area contributed by atoms with E-state index in [0.29, 0.717) is 38.0 Å². The fourth-order valence-electron chi connectivity index (χ4n) is 2.97. The average Bonchev–Trinajstić information content (AvgIpc) is 2.72. The van der Waals surface area contributed by atoms with E-state index in [-0.39, 0.29) is 5.69 Å². The summed E-state index contributed by atoms with van der Waals surface area (Å²) < 4.78 is 45.6. The van der Waals surface area contributed by atoms with E-state index in [9.17, 15) is 22.8 Å². The van der Waals surface area contributed by atoms with E-state index in [2.05, 4.69) is 5.32 Å². The number of benzene rings is 2. The number of hydrogen-bond donors (Lipinski definition) is 1. The van der Waals surface area contributed by atoms with Crippen LogP contribution in [0.4, 0.5) is 24.5 Å². The second-order valence-corrected chi connectivity index (χ2v) is 6.19. The number of piperazine rings is 1. The molecule has 1 fully saturated rings. The molecule has 6 nitrogen and oxygen atoms in total. The van der Waals surface area contributed by atoms with Crippen LogP contribution < -0.4 is 15.0 Å². The predicted octanol–water partition coefficient (Wildman–Crippen LogP) is 2.64. The van der Waals surface area contributed by atoms with Gasteiger partial charge < -0.3 is 19.9 Å². The number of halogens is 3. The standard InChI is InChI=1S/C19H18F3N3O3/c1-28-16-5-2-12(25-8-6-24(11-26)7-9-25)10-15(16)23-19(27)13-3-4-14(20)18(22)17(13)21/h2-5,10-11H,6-9H2,1H3,(H,23,27). The zero-order chi connectivity index (χ0) is 20.3. The molecular weight excluding hydrogens is 375 g/mol. The summed E-state index contributed by atoms with van der Waals surface area (Å²) in [5.74, 6) is -5.24. The maximum Gasteiger partial charge on any atom is 0.258 e. The lowest BCUT2D eigenvalue weighted by Gasteiger charge is -2.34. The lowest BCUT2D eigenvalue weighted by Crippen LogP contribution is -2.45. The molecule has 1 heterocycles. The summed E-state index contributed by atoms with van der Waals surface area (Å²) in [5, 5.41) is 2.48. The van der Waals surface area contributed by atoms with Crippen LogP contribution in [-0.2, 0) is 4.79 Å². The van der Waals surface area contributed by atoms with Crippen molar-refractivity contribution in [1.29, 1.82) is 0 Å². The van der Waals surface area contributed by atoms with Crippen LogP contribution in [0.25, 0.3) is 0 Å². The molecule has 1 saturated heterocycles. The van der Waals surface area contributed by atoms with Crippen molar-refractivity contribution in [2.24, 2.45) is 0 Å². The van der Waals surface area contributed by atoms with Crippen molar-refractivity contribution in [2.75, 3.05) is 43.5 Å². The SMILES string of the molecule is COc1ccc(N2CCN(C=O)CC2)cc1NC(=O)c1ccc(F)c(F)c1F. The van der Waals surface area contributed by atoms with Gasteiger partial charge in [-0.25, -0.2) is 13.2 Å². The molecule has 1 aliphatic rings. The average molecular weight is 393 g/mol. The number of amides is 2. The van der Waals surface area contributed by atoms with Gasteiger partial charge in [0.1, 0.15) is 5.75 Å². The van der Waals surface area contributed by atoms with Crippen LogP contribution in [-0.4, -0.2) is 50.5 Å². The van der Waals surface area contributed by atoms with Crippen molar-refractivity contribution in [3.05, 3.63) is 53.3 Å².